The van der Waals surface area contributed by atoms with Crippen LogP contribution < -0.4 is 17.0 Å². The van der Waals surface area contributed by atoms with Gasteiger partial charge in [-0.2, -0.15) is 0 Å². The minimum Gasteiger partial charge on any atom is -0.481 e. The van der Waals surface area contributed by atoms with Crippen molar-refractivity contribution in [2.75, 3.05) is 33.7 Å². The Kier molecular flexibility index (Phi) is 21.0. The zero-order valence-corrected chi connectivity index (χ0v) is 38.0. The van der Waals surface area contributed by atoms with Gasteiger partial charge in [0.05, 0.1) is 12.5 Å². The number of aromatic nitrogens is 2. The maximum Gasteiger partial charge on any atom is 0.330 e. The van der Waals surface area contributed by atoms with Crippen LogP contribution in [0.5, 0.6) is 0 Å². The van der Waals surface area contributed by atoms with Gasteiger partial charge in [0.15, 0.2) is 12.5 Å². The minimum absolute atomic E-state index is 0.184. The molecule has 3 aliphatic rings. The van der Waals surface area contributed by atoms with E-state index >= 15 is 0 Å². The highest BCUT2D eigenvalue weighted by atomic mass is 16.7. The number of carbonyl (C=O) groups is 4. The molecule has 65 heavy (non-hydrogen) atoms. The number of nitrogens with zero attached hydrogens (tertiary/aromatic N) is 3. The van der Waals surface area contributed by atoms with Crippen molar-refractivity contribution < 1.29 is 73.5 Å². The molecule has 14 unspecified atom stereocenters. The Hall–Kier alpha value is -3.84. The summed E-state index contributed by atoms with van der Waals surface area (Å²) < 4.78 is 30.6. The van der Waals surface area contributed by atoms with Gasteiger partial charge in [0, 0.05) is 44.7 Å². The number of esters is 2. The predicted molar refractivity (Wildman–Crippen MR) is 229 cm³/mol. The number of rotatable bonds is 25. The van der Waals surface area contributed by atoms with E-state index in [1.165, 1.54) is 24.8 Å². The molecule has 4 heterocycles. The molecule has 3 aliphatic heterocycles. The number of aliphatic carboxylic acids is 2. The number of hydrogen-bond acceptors (Lipinski definition) is 18. The number of nitrogens with two attached hydrogens (primary N) is 1. The SMILES string of the molecule is CC(C)CCCCCCCCCC(CC(=O)OC1CN(C)C(C(OC2OC(CN)C(O)C2O)C2OC(n3ccc(=O)[nH]c3=O)C(O)C2O)CN(C)C1C(=O)O)OC(=O)CC(C)CC(=O)O. The number of unbranched alkanes of at least 4 members (excludes halogenated alkanes) is 6. The van der Waals surface area contributed by atoms with E-state index in [2.05, 4.69) is 18.8 Å². The first-order valence-electron chi connectivity index (χ1n) is 22.7. The molecule has 0 aliphatic carbocycles. The molecular formula is C43H71N5O17. The van der Waals surface area contributed by atoms with Gasteiger partial charge in [0.1, 0.15) is 61.0 Å². The van der Waals surface area contributed by atoms with Crippen molar-refractivity contribution in [2.24, 2.45) is 17.6 Å². The molecule has 3 saturated heterocycles. The summed E-state index contributed by atoms with van der Waals surface area (Å²) in [4.78, 5) is 80.4. The molecule has 22 heteroatoms. The van der Waals surface area contributed by atoms with Gasteiger partial charge in [0.2, 0.25) is 0 Å². The highest BCUT2D eigenvalue weighted by molar-refractivity contribution is 5.77. The summed E-state index contributed by atoms with van der Waals surface area (Å²) in [5.74, 6) is -3.82. The van der Waals surface area contributed by atoms with E-state index in [0.717, 1.165) is 48.9 Å². The average Bonchev–Trinajstić information content (AvgIpc) is 3.60. The predicted octanol–water partition coefficient (Wildman–Crippen LogP) is -0.473. The molecule has 1 aromatic heterocycles. The second kappa shape index (κ2) is 25.3. The highest BCUT2D eigenvalue weighted by Crippen LogP contribution is 2.36. The molecule has 0 spiro atoms. The summed E-state index contributed by atoms with van der Waals surface area (Å²) in [5.41, 5.74) is 4.06. The molecule has 0 saturated carbocycles. The number of aliphatic hydroxyl groups is 4. The first kappa shape index (κ1) is 53.8. The Balaban J connectivity index is 1.55. The Morgan fingerprint density at radius 2 is 1.46 bits per heavy atom. The number of aliphatic hydroxyl groups excluding tert-OH is 4. The van der Waals surface area contributed by atoms with Crippen LogP contribution in [0.15, 0.2) is 21.9 Å². The number of nitrogens with one attached hydrogen (secondary N) is 1. The number of aromatic amines is 1. The molecule has 22 nitrogen and oxygen atoms in total. The lowest BCUT2D eigenvalue weighted by molar-refractivity contribution is -0.233. The van der Waals surface area contributed by atoms with Crippen LogP contribution in [-0.4, -0.2) is 181 Å². The van der Waals surface area contributed by atoms with Gasteiger partial charge < -0.3 is 60.1 Å². The number of carbonyl (C=O) groups excluding carboxylic acids is 2. The molecule has 3 fully saturated rings. The maximum atomic E-state index is 13.8. The molecular weight excluding hydrogens is 858 g/mol. The monoisotopic (exact) mass is 929 g/mol. The van der Waals surface area contributed by atoms with Crippen molar-refractivity contribution in [3.63, 3.8) is 0 Å². The summed E-state index contributed by atoms with van der Waals surface area (Å²) in [6.45, 7) is 5.35. The van der Waals surface area contributed by atoms with Crippen molar-refractivity contribution in [3.05, 3.63) is 33.1 Å². The summed E-state index contributed by atoms with van der Waals surface area (Å²) in [5, 5.41) is 63.9. The molecule has 9 N–H and O–H groups in total. The molecule has 14 atom stereocenters. The largest absolute Gasteiger partial charge is 0.481 e. The van der Waals surface area contributed by atoms with Crippen molar-refractivity contribution in [3.8, 4) is 0 Å². The van der Waals surface area contributed by atoms with E-state index in [1.54, 1.807) is 18.9 Å². The van der Waals surface area contributed by atoms with Crippen LogP contribution in [0, 0.1) is 11.8 Å². The fourth-order valence-electron chi connectivity index (χ4n) is 8.84. The lowest BCUT2D eigenvalue weighted by Crippen LogP contribution is -2.57. The molecule has 0 bridgehead atoms. The fourth-order valence-corrected chi connectivity index (χ4v) is 8.84. The van der Waals surface area contributed by atoms with E-state index in [0.29, 0.717) is 18.8 Å². The van der Waals surface area contributed by atoms with Crippen molar-refractivity contribution in [2.45, 2.75) is 177 Å². The van der Waals surface area contributed by atoms with Gasteiger partial charge in [-0.25, -0.2) is 4.79 Å². The number of likely N-dealkylation sites (N-methyl/N-ethyl adjacent to an activating group) is 2. The number of carboxylic acid groups (broad SMARTS) is 2. The fraction of sp³-hybridized carbons (Fsp3) is 0.814. The second-order valence-corrected chi connectivity index (χ2v) is 18.3. The third-order valence-corrected chi connectivity index (χ3v) is 12.4. The number of ether oxygens (including phenoxy) is 5. The average molecular weight is 930 g/mol. The first-order valence-corrected chi connectivity index (χ1v) is 22.7. The third kappa shape index (κ3) is 15.3. The van der Waals surface area contributed by atoms with Crippen LogP contribution in [0.3, 0.4) is 0 Å². The quantitative estimate of drug-likeness (QED) is 0.0454. The standard InChI is InChI=1S/C43H71N5O17/c1-23(2)13-11-9-7-6-8-10-12-14-25(61-31(52)18-24(3)17-30(50)51)19-32(53)62-28-22-46(4)26(21-47(5)33(28)41(58)59)38(65-42-37(57)34(54)27(20-44)63-42)39-35(55)36(56)40(64-39)48-16-15-29(49)45-43(48)60/h15-16,23-28,33-40,42,54-57H,6-14,17-22,44H2,1-5H3,(H,50,51)(H,58,59)(H,45,49,60). The highest BCUT2D eigenvalue weighted by Gasteiger charge is 2.55. The number of H-pyrrole nitrogens is 1. The Morgan fingerprint density at radius 1 is 0.815 bits per heavy atom. The van der Waals surface area contributed by atoms with Crippen LogP contribution in [-0.2, 0) is 42.9 Å². The van der Waals surface area contributed by atoms with E-state index in [1.807, 2.05) is 0 Å². The summed E-state index contributed by atoms with van der Waals surface area (Å²) in [7, 11) is 3.01. The van der Waals surface area contributed by atoms with E-state index in [4.69, 9.17) is 29.4 Å². The Labute approximate surface area is 377 Å². The first-order chi connectivity index (χ1) is 30.7. The molecule has 370 valence electrons. The smallest absolute Gasteiger partial charge is 0.330 e. The molecule has 0 aromatic carbocycles. The lowest BCUT2D eigenvalue weighted by Gasteiger charge is -2.39. The van der Waals surface area contributed by atoms with E-state index < -0.39 is 127 Å². The van der Waals surface area contributed by atoms with Crippen LogP contribution in [0.1, 0.15) is 104 Å². The zero-order chi connectivity index (χ0) is 48.1. The van der Waals surface area contributed by atoms with Crippen LogP contribution in [0.2, 0.25) is 0 Å². The van der Waals surface area contributed by atoms with Gasteiger partial charge in [-0.3, -0.25) is 43.3 Å². The Bertz CT molecular complexity index is 1810. The normalized spacial score (nSPS) is 30.2. The summed E-state index contributed by atoms with van der Waals surface area (Å²) in [6.07, 6.45) is -7.56. The van der Waals surface area contributed by atoms with Crippen LogP contribution in [0.4, 0.5) is 0 Å². The zero-order valence-electron chi connectivity index (χ0n) is 38.0. The van der Waals surface area contributed by atoms with Gasteiger partial charge >= 0.3 is 29.6 Å². The topological polar surface area (TPSA) is 323 Å². The van der Waals surface area contributed by atoms with Crippen LogP contribution >= 0.6 is 0 Å². The molecule has 1 aromatic rings. The maximum absolute atomic E-state index is 13.8. The van der Waals surface area contributed by atoms with Crippen molar-refractivity contribution in [1.29, 1.82) is 0 Å². The molecule has 0 amide bonds. The molecule has 0 radical (unpaired) electrons. The van der Waals surface area contributed by atoms with Gasteiger partial charge in [-0.1, -0.05) is 65.7 Å². The number of hydrogen-bond donors (Lipinski definition) is 8. The third-order valence-electron chi connectivity index (χ3n) is 12.4. The minimum atomic E-state index is -1.79. The summed E-state index contributed by atoms with van der Waals surface area (Å²) in [6, 6.07) is -1.46. The van der Waals surface area contributed by atoms with E-state index in [-0.39, 0.29) is 32.5 Å². The second-order valence-electron chi connectivity index (χ2n) is 18.3. The summed E-state index contributed by atoms with van der Waals surface area (Å²) >= 11 is 0. The number of carboxylic acids is 2. The van der Waals surface area contributed by atoms with Crippen molar-refractivity contribution >= 4 is 23.9 Å². The van der Waals surface area contributed by atoms with Gasteiger partial charge in [-0.05, 0) is 38.8 Å². The van der Waals surface area contributed by atoms with Crippen LogP contribution in [0.25, 0.3) is 0 Å². The van der Waals surface area contributed by atoms with Gasteiger partial charge in [-0.15, -0.1) is 0 Å². The van der Waals surface area contributed by atoms with Crippen molar-refractivity contribution in [1.82, 2.24) is 19.4 Å². The van der Waals surface area contributed by atoms with E-state index in [9.17, 15) is 59.4 Å². The van der Waals surface area contributed by atoms with Gasteiger partial charge in [0.25, 0.3) is 5.56 Å². The molecule has 4 rings (SSSR count). The Morgan fingerprint density at radius 3 is 2.05 bits per heavy atom. The lowest BCUT2D eigenvalue weighted by atomic mass is 9.97.